The number of ether oxygens (including phenoxy) is 2. The molecule has 3 aliphatic heterocycles. The van der Waals surface area contributed by atoms with Crippen LogP contribution in [0, 0.1) is 5.92 Å². The van der Waals surface area contributed by atoms with E-state index in [0.29, 0.717) is 45.8 Å². The van der Waals surface area contributed by atoms with Crippen molar-refractivity contribution < 1.29 is 19.1 Å². The number of nitrogens with zero attached hydrogens (tertiary/aromatic N) is 2. The average Bonchev–Trinajstić information content (AvgIpc) is 2.80. The van der Waals surface area contributed by atoms with Gasteiger partial charge in [0.05, 0.1) is 31.3 Å². The third-order valence-corrected chi connectivity index (χ3v) is 4.30. The fraction of sp³-hybridized carbons (Fsp3) is 0.846. The van der Waals surface area contributed by atoms with Crippen LogP contribution in [0.1, 0.15) is 6.42 Å². The van der Waals surface area contributed by atoms with Crippen LogP contribution in [-0.4, -0.2) is 80.4 Å². The molecule has 0 aromatic carbocycles. The molecule has 3 saturated heterocycles. The molecule has 0 saturated carbocycles. The van der Waals surface area contributed by atoms with Gasteiger partial charge >= 0.3 is 6.03 Å². The molecule has 1 N–H and O–H groups in total. The van der Waals surface area contributed by atoms with Gasteiger partial charge in [0.15, 0.2) is 0 Å². The maximum Gasteiger partial charge on any atom is 0.317 e. The van der Waals surface area contributed by atoms with Crippen LogP contribution in [0.3, 0.4) is 0 Å². The van der Waals surface area contributed by atoms with Gasteiger partial charge in [-0.3, -0.25) is 4.79 Å². The molecule has 3 fully saturated rings. The summed E-state index contributed by atoms with van der Waals surface area (Å²) in [7, 11) is 1.62. The summed E-state index contributed by atoms with van der Waals surface area (Å²) < 4.78 is 11.1. The summed E-state index contributed by atoms with van der Waals surface area (Å²) in [5, 5.41) is 2.63. The summed E-state index contributed by atoms with van der Waals surface area (Å²) in [6, 6.07) is -0.0947. The second kappa shape index (κ2) is 5.57. The Morgan fingerprint density at radius 3 is 2.60 bits per heavy atom. The van der Waals surface area contributed by atoms with Crippen LogP contribution in [0.15, 0.2) is 0 Å². The van der Waals surface area contributed by atoms with E-state index in [1.165, 1.54) is 0 Å². The van der Waals surface area contributed by atoms with Gasteiger partial charge < -0.3 is 24.6 Å². The molecular weight excluding hydrogens is 262 g/mol. The second-order valence-corrected chi connectivity index (χ2v) is 5.54. The first kappa shape index (κ1) is 13.6. The lowest BCUT2D eigenvalue weighted by Crippen LogP contribution is -2.51. The molecule has 0 spiro atoms. The van der Waals surface area contributed by atoms with E-state index in [4.69, 9.17) is 9.47 Å². The third-order valence-electron chi connectivity index (χ3n) is 4.30. The van der Waals surface area contributed by atoms with Gasteiger partial charge in [-0.15, -0.1) is 0 Å². The van der Waals surface area contributed by atoms with E-state index in [-0.39, 0.29) is 30.1 Å². The van der Waals surface area contributed by atoms with Gasteiger partial charge in [0.2, 0.25) is 5.91 Å². The van der Waals surface area contributed by atoms with Crippen molar-refractivity contribution in [2.24, 2.45) is 5.92 Å². The van der Waals surface area contributed by atoms with Crippen molar-refractivity contribution >= 4 is 11.9 Å². The monoisotopic (exact) mass is 283 g/mol. The maximum atomic E-state index is 12.6. The molecule has 3 heterocycles. The zero-order valence-corrected chi connectivity index (χ0v) is 11.7. The molecule has 7 heteroatoms. The van der Waals surface area contributed by atoms with Crippen LogP contribution >= 0.6 is 0 Å². The van der Waals surface area contributed by atoms with Crippen LogP contribution in [-0.2, 0) is 14.3 Å². The molecule has 7 nitrogen and oxygen atoms in total. The van der Waals surface area contributed by atoms with Crippen LogP contribution in [0.5, 0.6) is 0 Å². The van der Waals surface area contributed by atoms with Gasteiger partial charge in [-0.05, 0) is 6.42 Å². The first-order valence-electron chi connectivity index (χ1n) is 7.17. The van der Waals surface area contributed by atoms with Crippen LogP contribution in [0.4, 0.5) is 4.79 Å². The molecule has 0 radical (unpaired) electrons. The number of amides is 3. The number of hydrogen-bond donors (Lipinski definition) is 1. The van der Waals surface area contributed by atoms with Gasteiger partial charge in [-0.1, -0.05) is 0 Å². The number of rotatable bonds is 1. The molecule has 3 aliphatic rings. The minimum atomic E-state index is -0.165. The Balaban J connectivity index is 1.64. The van der Waals surface area contributed by atoms with Gasteiger partial charge in [0.25, 0.3) is 0 Å². The Morgan fingerprint density at radius 2 is 1.90 bits per heavy atom. The number of fused-ring (bicyclic) bond motifs is 2. The van der Waals surface area contributed by atoms with Crippen LogP contribution in [0.2, 0.25) is 0 Å². The maximum absolute atomic E-state index is 12.6. The predicted molar refractivity (Wildman–Crippen MR) is 70.2 cm³/mol. The van der Waals surface area contributed by atoms with E-state index in [1.54, 1.807) is 11.9 Å². The molecule has 3 rings (SSSR count). The number of urea groups is 1. The normalized spacial score (nSPS) is 33.1. The summed E-state index contributed by atoms with van der Waals surface area (Å²) in [6.45, 7) is 3.60. The zero-order valence-electron chi connectivity index (χ0n) is 11.7. The number of carbonyl (C=O) groups excluding carboxylic acids is 2. The van der Waals surface area contributed by atoms with Gasteiger partial charge in [0.1, 0.15) is 0 Å². The highest BCUT2D eigenvalue weighted by Gasteiger charge is 2.46. The van der Waals surface area contributed by atoms with Gasteiger partial charge in [-0.2, -0.15) is 0 Å². The van der Waals surface area contributed by atoms with Gasteiger partial charge in [0, 0.05) is 33.2 Å². The Labute approximate surface area is 118 Å². The summed E-state index contributed by atoms with van der Waals surface area (Å²) >= 11 is 0. The fourth-order valence-electron chi connectivity index (χ4n) is 3.26. The number of nitrogens with one attached hydrogen (secondary N) is 1. The summed E-state index contributed by atoms with van der Waals surface area (Å²) in [6.07, 6.45) is 0.538. The number of likely N-dealkylation sites (tertiary alicyclic amines) is 1. The molecule has 3 unspecified atom stereocenters. The SMILES string of the molecule is CNC(=O)N1CC2CC(C(=O)N3CCOCC3)C(C1)O2. The highest BCUT2D eigenvalue weighted by molar-refractivity contribution is 5.80. The lowest BCUT2D eigenvalue weighted by atomic mass is 9.98. The Hall–Kier alpha value is -1.34. The summed E-state index contributed by atoms with van der Waals surface area (Å²) in [5.74, 6) is 0.0345. The molecule has 2 bridgehead atoms. The van der Waals surface area contributed by atoms with E-state index in [1.807, 2.05) is 4.90 Å². The predicted octanol–water partition coefficient (Wildman–Crippen LogP) is -0.726. The summed E-state index contributed by atoms with van der Waals surface area (Å²) in [4.78, 5) is 27.9. The highest BCUT2D eigenvalue weighted by Crippen LogP contribution is 2.33. The van der Waals surface area contributed by atoms with E-state index < -0.39 is 0 Å². The first-order chi connectivity index (χ1) is 9.69. The van der Waals surface area contributed by atoms with Crippen molar-refractivity contribution in [3.8, 4) is 0 Å². The van der Waals surface area contributed by atoms with Gasteiger partial charge in [-0.25, -0.2) is 4.79 Å². The van der Waals surface area contributed by atoms with Crippen LogP contribution < -0.4 is 5.32 Å². The lowest BCUT2D eigenvalue weighted by Gasteiger charge is -2.34. The molecule has 112 valence electrons. The molecule has 3 atom stereocenters. The average molecular weight is 283 g/mol. The van der Waals surface area contributed by atoms with Crippen LogP contribution in [0.25, 0.3) is 0 Å². The van der Waals surface area contributed by atoms with E-state index in [9.17, 15) is 9.59 Å². The lowest BCUT2D eigenvalue weighted by molar-refractivity contribution is -0.142. The fourth-order valence-corrected chi connectivity index (χ4v) is 3.26. The molecule has 0 aliphatic carbocycles. The molecule has 0 aromatic heterocycles. The molecule has 3 amide bonds. The largest absolute Gasteiger partial charge is 0.378 e. The van der Waals surface area contributed by atoms with E-state index in [0.717, 1.165) is 0 Å². The van der Waals surface area contributed by atoms with Crippen molar-refractivity contribution in [2.75, 3.05) is 46.4 Å². The standard InChI is InChI=1S/C13H21N3O4/c1-14-13(18)16-7-9-6-10(11(8-16)20-9)12(17)15-2-4-19-5-3-15/h9-11H,2-8H2,1H3,(H,14,18). The highest BCUT2D eigenvalue weighted by atomic mass is 16.5. The Kier molecular flexibility index (Phi) is 3.80. The smallest absolute Gasteiger partial charge is 0.317 e. The Bertz CT molecular complexity index is 397. The topological polar surface area (TPSA) is 71.1 Å². The zero-order chi connectivity index (χ0) is 14.1. The molecule has 20 heavy (non-hydrogen) atoms. The van der Waals surface area contributed by atoms with E-state index in [2.05, 4.69) is 5.32 Å². The molecular formula is C13H21N3O4. The van der Waals surface area contributed by atoms with Crippen molar-refractivity contribution in [2.45, 2.75) is 18.6 Å². The Morgan fingerprint density at radius 1 is 1.15 bits per heavy atom. The van der Waals surface area contributed by atoms with Crippen molar-refractivity contribution in [3.63, 3.8) is 0 Å². The first-order valence-corrected chi connectivity index (χ1v) is 7.17. The van der Waals surface area contributed by atoms with Crippen molar-refractivity contribution in [1.82, 2.24) is 15.1 Å². The number of carbonyl (C=O) groups is 2. The quantitative estimate of drug-likeness (QED) is 0.689. The minimum absolute atomic E-state index is 0.0129. The van der Waals surface area contributed by atoms with Crippen molar-refractivity contribution in [3.05, 3.63) is 0 Å². The van der Waals surface area contributed by atoms with Crippen molar-refractivity contribution in [1.29, 1.82) is 0 Å². The summed E-state index contributed by atoms with van der Waals surface area (Å²) in [5.41, 5.74) is 0. The third kappa shape index (κ3) is 2.47. The molecule has 0 aromatic rings. The number of hydrogen-bond acceptors (Lipinski definition) is 4. The van der Waals surface area contributed by atoms with E-state index >= 15 is 0 Å². The second-order valence-electron chi connectivity index (χ2n) is 5.54. The minimum Gasteiger partial charge on any atom is -0.378 e. The number of morpholine rings is 2.